The van der Waals surface area contributed by atoms with E-state index in [0.717, 1.165) is 49.4 Å². The highest BCUT2D eigenvalue weighted by Crippen LogP contribution is 2.37. The number of benzene rings is 1. The number of aromatic nitrogens is 1. The van der Waals surface area contributed by atoms with E-state index in [1.54, 1.807) is 31.1 Å². The SMILES string of the molecule is COc1ccc(-c2c(CN3CCCNCC3)n(C)c(=O)c3ccoc23)cc1OC. The molecule has 1 saturated heterocycles. The number of nitrogens with one attached hydrogen (secondary N) is 1. The zero-order valence-electron chi connectivity index (χ0n) is 17.2. The van der Waals surface area contributed by atoms with Gasteiger partial charge in [0.25, 0.3) is 5.56 Å². The summed E-state index contributed by atoms with van der Waals surface area (Å²) in [7, 11) is 5.08. The van der Waals surface area contributed by atoms with Crippen LogP contribution in [0.15, 0.2) is 39.7 Å². The first-order valence-electron chi connectivity index (χ1n) is 9.88. The number of methoxy groups -OCH3 is 2. The second-order valence-electron chi connectivity index (χ2n) is 7.30. The first-order valence-corrected chi connectivity index (χ1v) is 9.88. The van der Waals surface area contributed by atoms with E-state index >= 15 is 0 Å². The molecule has 1 aromatic carbocycles. The van der Waals surface area contributed by atoms with Gasteiger partial charge in [0.1, 0.15) is 5.58 Å². The van der Waals surface area contributed by atoms with Gasteiger partial charge < -0.3 is 23.8 Å². The number of nitrogens with zero attached hydrogens (tertiary/aromatic N) is 2. The molecule has 2 aromatic heterocycles. The summed E-state index contributed by atoms with van der Waals surface area (Å²) in [5.41, 5.74) is 3.36. The lowest BCUT2D eigenvalue weighted by atomic mass is 10.0. The number of fused-ring (bicyclic) bond motifs is 1. The van der Waals surface area contributed by atoms with Crippen molar-refractivity contribution in [3.05, 3.63) is 46.6 Å². The van der Waals surface area contributed by atoms with Crippen LogP contribution in [0.4, 0.5) is 0 Å². The van der Waals surface area contributed by atoms with Crippen molar-refractivity contribution in [1.29, 1.82) is 0 Å². The predicted octanol–water partition coefficient (Wildman–Crippen LogP) is 2.61. The third-order valence-corrected chi connectivity index (χ3v) is 5.60. The predicted molar refractivity (Wildman–Crippen MR) is 113 cm³/mol. The fourth-order valence-electron chi connectivity index (χ4n) is 4.02. The number of furan rings is 1. The van der Waals surface area contributed by atoms with Crippen molar-refractivity contribution in [3.63, 3.8) is 0 Å². The largest absolute Gasteiger partial charge is 0.493 e. The minimum atomic E-state index is -0.0408. The van der Waals surface area contributed by atoms with Crippen molar-refractivity contribution in [2.24, 2.45) is 7.05 Å². The summed E-state index contributed by atoms with van der Waals surface area (Å²) in [6.45, 7) is 4.57. The molecular formula is C22H27N3O4. The van der Waals surface area contributed by atoms with Crippen molar-refractivity contribution in [2.45, 2.75) is 13.0 Å². The van der Waals surface area contributed by atoms with Gasteiger partial charge in [-0.1, -0.05) is 6.07 Å². The monoisotopic (exact) mass is 397 g/mol. The van der Waals surface area contributed by atoms with Gasteiger partial charge in [-0.15, -0.1) is 0 Å². The lowest BCUT2D eigenvalue weighted by Crippen LogP contribution is -2.31. The second kappa shape index (κ2) is 8.31. The van der Waals surface area contributed by atoms with Crippen molar-refractivity contribution < 1.29 is 13.9 Å². The van der Waals surface area contributed by atoms with Gasteiger partial charge in [-0.2, -0.15) is 0 Å². The molecule has 0 aliphatic carbocycles. The van der Waals surface area contributed by atoms with Crippen LogP contribution in [0.5, 0.6) is 11.5 Å². The van der Waals surface area contributed by atoms with Crippen LogP contribution in [0.2, 0.25) is 0 Å². The molecule has 7 nitrogen and oxygen atoms in total. The van der Waals surface area contributed by atoms with Crippen LogP contribution >= 0.6 is 0 Å². The van der Waals surface area contributed by atoms with E-state index in [0.29, 0.717) is 29.0 Å². The molecule has 0 atom stereocenters. The topological polar surface area (TPSA) is 68.9 Å². The van der Waals surface area contributed by atoms with Gasteiger partial charge in [0.2, 0.25) is 0 Å². The summed E-state index contributed by atoms with van der Waals surface area (Å²) < 4.78 is 18.5. The lowest BCUT2D eigenvalue weighted by Gasteiger charge is -2.23. The van der Waals surface area contributed by atoms with E-state index < -0.39 is 0 Å². The lowest BCUT2D eigenvalue weighted by molar-refractivity contribution is 0.277. The maximum absolute atomic E-state index is 13.0. The Labute approximate surface area is 169 Å². The molecule has 0 spiro atoms. The third-order valence-electron chi connectivity index (χ3n) is 5.60. The molecular weight excluding hydrogens is 370 g/mol. The fourth-order valence-corrected chi connectivity index (χ4v) is 4.02. The summed E-state index contributed by atoms with van der Waals surface area (Å²) in [4.78, 5) is 15.3. The van der Waals surface area contributed by atoms with Gasteiger partial charge in [-0.25, -0.2) is 0 Å². The molecule has 0 unspecified atom stereocenters. The normalized spacial score (nSPS) is 15.4. The minimum absolute atomic E-state index is 0.0408. The Morgan fingerprint density at radius 1 is 1.10 bits per heavy atom. The van der Waals surface area contributed by atoms with Crippen LogP contribution in [-0.4, -0.2) is 49.9 Å². The van der Waals surface area contributed by atoms with Crippen molar-refractivity contribution >= 4 is 11.0 Å². The zero-order chi connectivity index (χ0) is 20.4. The Balaban J connectivity index is 1.90. The Morgan fingerprint density at radius 3 is 2.72 bits per heavy atom. The molecule has 0 bridgehead atoms. The quantitative estimate of drug-likeness (QED) is 0.714. The highest BCUT2D eigenvalue weighted by Gasteiger charge is 2.22. The molecule has 1 fully saturated rings. The molecule has 1 aliphatic heterocycles. The molecule has 3 aromatic rings. The van der Waals surface area contributed by atoms with Crippen LogP contribution < -0.4 is 20.3 Å². The summed E-state index contributed by atoms with van der Waals surface area (Å²) in [6, 6.07) is 7.54. The van der Waals surface area contributed by atoms with Gasteiger partial charge in [-0.05, 0) is 43.3 Å². The Morgan fingerprint density at radius 2 is 1.93 bits per heavy atom. The van der Waals surface area contributed by atoms with Crippen LogP contribution in [0.3, 0.4) is 0 Å². The second-order valence-corrected chi connectivity index (χ2v) is 7.30. The molecule has 1 aliphatic rings. The van der Waals surface area contributed by atoms with Crippen molar-refractivity contribution in [3.8, 4) is 22.6 Å². The van der Waals surface area contributed by atoms with E-state index in [9.17, 15) is 4.79 Å². The van der Waals surface area contributed by atoms with Crippen LogP contribution in [0, 0.1) is 0 Å². The molecule has 0 radical (unpaired) electrons. The van der Waals surface area contributed by atoms with E-state index in [-0.39, 0.29) is 5.56 Å². The first kappa shape index (κ1) is 19.5. The number of ether oxygens (including phenoxy) is 2. The summed E-state index contributed by atoms with van der Waals surface area (Å²) in [6.07, 6.45) is 2.67. The number of hydrogen-bond donors (Lipinski definition) is 1. The van der Waals surface area contributed by atoms with Crippen LogP contribution in [-0.2, 0) is 13.6 Å². The molecule has 0 saturated carbocycles. The third kappa shape index (κ3) is 3.63. The van der Waals surface area contributed by atoms with E-state index in [2.05, 4.69) is 10.2 Å². The van der Waals surface area contributed by atoms with Crippen LogP contribution in [0.25, 0.3) is 22.1 Å². The highest BCUT2D eigenvalue weighted by atomic mass is 16.5. The highest BCUT2D eigenvalue weighted by molar-refractivity contribution is 5.93. The molecule has 4 rings (SSSR count). The molecule has 7 heteroatoms. The average Bonchev–Trinajstić information content (AvgIpc) is 3.08. The van der Waals surface area contributed by atoms with Gasteiger partial charge in [0, 0.05) is 37.9 Å². The van der Waals surface area contributed by atoms with Crippen molar-refractivity contribution in [2.75, 3.05) is 40.4 Å². The van der Waals surface area contributed by atoms with Gasteiger partial charge in [0.15, 0.2) is 11.5 Å². The first-order chi connectivity index (χ1) is 14.1. The number of hydrogen-bond acceptors (Lipinski definition) is 6. The number of pyridine rings is 1. The molecule has 0 amide bonds. The summed E-state index contributed by atoms with van der Waals surface area (Å²) in [5.74, 6) is 1.31. The Kier molecular flexibility index (Phi) is 5.60. The Bertz CT molecular complexity index is 1060. The van der Waals surface area contributed by atoms with Gasteiger partial charge >= 0.3 is 0 Å². The van der Waals surface area contributed by atoms with E-state index in [1.165, 1.54) is 0 Å². The van der Waals surface area contributed by atoms with Crippen molar-refractivity contribution in [1.82, 2.24) is 14.8 Å². The maximum Gasteiger partial charge on any atom is 0.261 e. The molecule has 29 heavy (non-hydrogen) atoms. The standard InChI is InChI=1S/C22H27N3O4/c1-24-17(14-25-10-4-8-23-9-11-25)20(21-16(22(24)26)7-12-29-21)15-5-6-18(27-2)19(13-15)28-3/h5-7,12-13,23H,4,8-11,14H2,1-3H3. The van der Waals surface area contributed by atoms with E-state index in [4.69, 9.17) is 13.9 Å². The van der Waals surface area contributed by atoms with Gasteiger partial charge in [-0.3, -0.25) is 9.69 Å². The molecule has 3 heterocycles. The zero-order valence-corrected chi connectivity index (χ0v) is 17.2. The van der Waals surface area contributed by atoms with Gasteiger partial charge in [0.05, 0.1) is 25.9 Å². The maximum atomic E-state index is 13.0. The summed E-state index contributed by atoms with van der Waals surface area (Å²) in [5, 5.41) is 4.01. The smallest absolute Gasteiger partial charge is 0.261 e. The van der Waals surface area contributed by atoms with Crippen LogP contribution in [0.1, 0.15) is 12.1 Å². The van der Waals surface area contributed by atoms with E-state index in [1.807, 2.05) is 25.2 Å². The molecule has 154 valence electrons. The Hall–Kier alpha value is -2.77. The average molecular weight is 397 g/mol. The number of rotatable bonds is 5. The summed E-state index contributed by atoms with van der Waals surface area (Å²) >= 11 is 0. The molecule has 1 N–H and O–H groups in total. The minimum Gasteiger partial charge on any atom is -0.493 e. The fraction of sp³-hybridized carbons (Fsp3) is 0.409.